The van der Waals surface area contributed by atoms with Crippen molar-refractivity contribution in [3.05, 3.63) is 24.3 Å². The van der Waals surface area contributed by atoms with Crippen LogP contribution in [0.4, 0.5) is 14.5 Å². The average Bonchev–Trinajstić information content (AvgIpc) is 2.83. The van der Waals surface area contributed by atoms with Crippen molar-refractivity contribution in [2.45, 2.75) is 39.0 Å². The van der Waals surface area contributed by atoms with Crippen molar-refractivity contribution in [2.24, 2.45) is 11.3 Å². The number of halogens is 2. The number of benzene rings is 1. The first-order valence-corrected chi connectivity index (χ1v) is 6.92. The van der Waals surface area contributed by atoms with Crippen LogP contribution in [0.5, 0.6) is 5.75 Å². The molecule has 2 aliphatic rings. The van der Waals surface area contributed by atoms with Crippen LogP contribution in [0.15, 0.2) is 24.3 Å². The van der Waals surface area contributed by atoms with Crippen LogP contribution in [0.2, 0.25) is 0 Å². The third-order valence-electron chi connectivity index (χ3n) is 4.51. The van der Waals surface area contributed by atoms with Gasteiger partial charge in [-0.15, -0.1) is 0 Å². The van der Waals surface area contributed by atoms with Crippen molar-refractivity contribution in [1.29, 1.82) is 0 Å². The van der Waals surface area contributed by atoms with E-state index >= 15 is 0 Å². The van der Waals surface area contributed by atoms with E-state index in [4.69, 9.17) is 4.74 Å². The Bertz CT molecular complexity index is 493. The van der Waals surface area contributed by atoms with Crippen LogP contribution in [0, 0.1) is 11.3 Å². The molecule has 1 aromatic rings. The maximum Gasteiger partial charge on any atom is 0.387 e. The first-order valence-electron chi connectivity index (χ1n) is 6.92. The Labute approximate surface area is 117 Å². The second-order valence-electron chi connectivity index (χ2n) is 6.06. The lowest BCUT2D eigenvalue weighted by Crippen LogP contribution is -2.63. The molecule has 3 rings (SSSR count). The van der Waals surface area contributed by atoms with Gasteiger partial charge in [0, 0.05) is 24.0 Å². The minimum absolute atomic E-state index is 0.000884. The molecule has 1 heterocycles. The average molecular weight is 283 g/mol. The number of hydrogen-bond donors (Lipinski definition) is 1. The molecule has 1 saturated carbocycles. The van der Waals surface area contributed by atoms with Gasteiger partial charge in [-0.1, -0.05) is 26.0 Å². The van der Waals surface area contributed by atoms with Crippen LogP contribution in [-0.2, 0) is 4.74 Å². The van der Waals surface area contributed by atoms with E-state index in [1.807, 2.05) is 6.07 Å². The molecule has 0 amide bonds. The molecule has 3 nitrogen and oxygen atoms in total. The number of fused-ring (bicyclic) bond motifs is 1. The highest BCUT2D eigenvalue weighted by molar-refractivity contribution is 5.57. The van der Waals surface area contributed by atoms with Gasteiger partial charge in [0.2, 0.25) is 0 Å². The van der Waals surface area contributed by atoms with Crippen LogP contribution in [-0.4, -0.2) is 25.4 Å². The van der Waals surface area contributed by atoms with Gasteiger partial charge in [0.1, 0.15) is 5.75 Å². The Morgan fingerprint density at radius 1 is 1.35 bits per heavy atom. The van der Waals surface area contributed by atoms with Crippen LogP contribution >= 0.6 is 0 Å². The highest BCUT2D eigenvalue weighted by atomic mass is 19.3. The Balaban J connectivity index is 1.78. The van der Waals surface area contributed by atoms with Crippen LogP contribution in [0.3, 0.4) is 0 Å². The molecular weight excluding hydrogens is 264 g/mol. The SMILES string of the molecule is CC1(C)C(Nc2ccccc2OC(F)F)C2CCOC21. The van der Waals surface area contributed by atoms with Crippen molar-refractivity contribution in [3.63, 3.8) is 0 Å². The Morgan fingerprint density at radius 2 is 2.10 bits per heavy atom. The fourth-order valence-electron chi connectivity index (χ4n) is 3.57. The minimum Gasteiger partial charge on any atom is -0.433 e. The van der Waals surface area contributed by atoms with E-state index in [0.29, 0.717) is 11.6 Å². The summed E-state index contributed by atoms with van der Waals surface area (Å²) in [6.07, 6.45) is 1.28. The van der Waals surface area contributed by atoms with Gasteiger partial charge >= 0.3 is 6.61 Å². The number of nitrogens with one attached hydrogen (secondary N) is 1. The molecule has 1 aromatic carbocycles. The van der Waals surface area contributed by atoms with E-state index in [1.165, 1.54) is 0 Å². The fraction of sp³-hybridized carbons (Fsp3) is 0.600. The summed E-state index contributed by atoms with van der Waals surface area (Å²) in [5, 5.41) is 3.38. The number of rotatable bonds is 4. The van der Waals surface area contributed by atoms with Gasteiger partial charge in [0.05, 0.1) is 11.8 Å². The zero-order valence-corrected chi connectivity index (χ0v) is 11.6. The Hall–Kier alpha value is -1.36. The lowest BCUT2D eigenvalue weighted by Gasteiger charge is -2.55. The number of anilines is 1. The van der Waals surface area contributed by atoms with Crippen molar-refractivity contribution in [2.75, 3.05) is 11.9 Å². The van der Waals surface area contributed by atoms with Crippen molar-refractivity contribution >= 4 is 5.69 Å². The van der Waals surface area contributed by atoms with E-state index < -0.39 is 6.61 Å². The molecule has 1 aliphatic carbocycles. The normalized spacial score (nSPS) is 30.8. The van der Waals surface area contributed by atoms with Crippen molar-refractivity contribution < 1.29 is 18.3 Å². The highest BCUT2D eigenvalue weighted by Gasteiger charge is 2.59. The number of alkyl halides is 2. The van der Waals surface area contributed by atoms with E-state index in [-0.39, 0.29) is 23.3 Å². The summed E-state index contributed by atoms with van der Waals surface area (Å²) < 4.78 is 35.2. The van der Waals surface area contributed by atoms with Crippen LogP contribution in [0.25, 0.3) is 0 Å². The number of hydrogen-bond acceptors (Lipinski definition) is 3. The summed E-state index contributed by atoms with van der Waals surface area (Å²) in [6, 6.07) is 7.06. The zero-order chi connectivity index (χ0) is 14.3. The molecule has 3 unspecified atom stereocenters. The maximum atomic E-state index is 12.4. The quantitative estimate of drug-likeness (QED) is 0.917. The smallest absolute Gasteiger partial charge is 0.387 e. The first-order chi connectivity index (χ1) is 9.50. The van der Waals surface area contributed by atoms with E-state index in [1.54, 1.807) is 18.2 Å². The van der Waals surface area contributed by atoms with Gasteiger partial charge < -0.3 is 14.8 Å². The van der Waals surface area contributed by atoms with Gasteiger partial charge in [-0.25, -0.2) is 0 Å². The minimum atomic E-state index is -2.81. The van der Waals surface area contributed by atoms with Gasteiger partial charge in [-0.3, -0.25) is 0 Å². The summed E-state index contributed by atoms with van der Waals surface area (Å²) in [7, 11) is 0. The van der Waals surface area contributed by atoms with Gasteiger partial charge in [0.15, 0.2) is 0 Å². The molecule has 1 aliphatic heterocycles. The topological polar surface area (TPSA) is 30.5 Å². The highest BCUT2D eigenvalue weighted by Crippen LogP contribution is 2.53. The predicted molar refractivity (Wildman–Crippen MR) is 72.1 cm³/mol. The molecule has 20 heavy (non-hydrogen) atoms. The van der Waals surface area contributed by atoms with Crippen LogP contribution in [0.1, 0.15) is 20.3 Å². The van der Waals surface area contributed by atoms with E-state index in [9.17, 15) is 8.78 Å². The maximum absolute atomic E-state index is 12.4. The molecule has 0 radical (unpaired) electrons. The Kier molecular flexibility index (Phi) is 3.32. The monoisotopic (exact) mass is 283 g/mol. The fourth-order valence-corrected chi connectivity index (χ4v) is 3.57. The number of ether oxygens (including phenoxy) is 2. The summed E-state index contributed by atoms with van der Waals surface area (Å²) in [4.78, 5) is 0. The lowest BCUT2D eigenvalue weighted by molar-refractivity contribution is -0.0925. The van der Waals surface area contributed by atoms with Crippen molar-refractivity contribution in [1.82, 2.24) is 0 Å². The molecule has 2 fully saturated rings. The van der Waals surface area contributed by atoms with E-state index in [0.717, 1.165) is 13.0 Å². The molecule has 1 N–H and O–H groups in total. The van der Waals surface area contributed by atoms with Crippen LogP contribution < -0.4 is 10.1 Å². The summed E-state index contributed by atoms with van der Waals surface area (Å²) in [6.45, 7) is 2.27. The standard InChI is InChI=1S/C15H19F2NO2/c1-15(2)12(9-7-8-19-13(9)15)18-10-5-3-4-6-11(10)20-14(16)17/h3-6,9,12-14,18H,7-8H2,1-2H3. The Morgan fingerprint density at radius 3 is 2.85 bits per heavy atom. The van der Waals surface area contributed by atoms with Gasteiger partial charge in [-0.2, -0.15) is 8.78 Å². The first kappa shape index (κ1) is 13.6. The second-order valence-corrected chi connectivity index (χ2v) is 6.06. The van der Waals surface area contributed by atoms with Crippen molar-refractivity contribution in [3.8, 4) is 5.75 Å². The molecule has 5 heteroatoms. The van der Waals surface area contributed by atoms with Gasteiger partial charge in [0.25, 0.3) is 0 Å². The molecule has 0 spiro atoms. The molecule has 110 valence electrons. The number of para-hydroxylation sites is 2. The largest absolute Gasteiger partial charge is 0.433 e. The molecule has 1 saturated heterocycles. The molecule has 0 aromatic heterocycles. The summed E-state index contributed by atoms with van der Waals surface area (Å²) in [5.41, 5.74) is 0.621. The van der Waals surface area contributed by atoms with E-state index in [2.05, 4.69) is 23.9 Å². The molecular formula is C15H19F2NO2. The predicted octanol–water partition coefficient (Wildman–Crippen LogP) is 3.51. The lowest BCUT2D eigenvalue weighted by atomic mass is 9.57. The third kappa shape index (κ3) is 2.14. The zero-order valence-electron chi connectivity index (χ0n) is 11.6. The summed E-state index contributed by atoms with van der Waals surface area (Å²) >= 11 is 0. The third-order valence-corrected chi connectivity index (χ3v) is 4.51. The second kappa shape index (κ2) is 4.88. The summed E-state index contributed by atoms with van der Waals surface area (Å²) in [5.74, 6) is 0.644. The molecule has 3 atom stereocenters. The molecule has 0 bridgehead atoms. The van der Waals surface area contributed by atoms with Gasteiger partial charge in [-0.05, 0) is 18.6 Å².